The van der Waals surface area contributed by atoms with Gasteiger partial charge >= 0.3 is 12.2 Å². The average Bonchev–Trinajstić information content (AvgIpc) is 2.58. The topological polar surface area (TPSA) is 79.5 Å². The van der Waals surface area contributed by atoms with Gasteiger partial charge in [-0.05, 0) is 41.7 Å². The largest absolute Gasteiger partial charge is 0.416 e. The molecule has 2 aromatic rings. The Labute approximate surface area is 148 Å². The van der Waals surface area contributed by atoms with Gasteiger partial charge in [0.05, 0.1) is 30.1 Å². The number of hydrogen-bond acceptors (Lipinski definition) is 3. The van der Waals surface area contributed by atoms with Gasteiger partial charge in [0.2, 0.25) is 0 Å². The molecule has 3 N–H and O–H groups in total. The van der Waals surface area contributed by atoms with Crippen LogP contribution in [0.5, 0.6) is 0 Å². The van der Waals surface area contributed by atoms with E-state index in [9.17, 15) is 23.1 Å². The highest BCUT2D eigenvalue weighted by Crippen LogP contribution is 2.32. The Kier molecular flexibility index (Phi) is 4.86. The predicted molar refractivity (Wildman–Crippen MR) is 89.5 cm³/mol. The second-order valence-electron chi connectivity index (χ2n) is 6.31. The first-order valence-corrected chi connectivity index (χ1v) is 8.12. The number of aliphatic hydroxyl groups is 1. The molecule has 0 aliphatic heterocycles. The van der Waals surface area contributed by atoms with E-state index in [1.165, 1.54) is 23.2 Å². The van der Waals surface area contributed by atoms with E-state index < -0.39 is 23.9 Å². The van der Waals surface area contributed by atoms with Crippen molar-refractivity contribution in [3.05, 3.63) is 58.9 Å². The SMILES string of the molecule is NC(=O)N(Cc1ccc(C(F)(F)F)cc1)c1cncc2c1CC(O)CC2. The van der Waals surface area contributed by atoms with Gasteiger partial charge in [0.25, 0.3) is 0 Å². The number of aliphatic hydroxyl groups excluding tert-OH is 1. The number of nitrogens with zero attached hydrogens (tertiary/aromatic N) is 2. The summed E-state index contributed by atoms with van der Waals surface area (Å²) in [6.45, 7) is 0.0156. The van der Waals surface area contributed by atoms with Gasteiger partial charge in [-0.25, -0.2) is 4.79 Å². The van der Waals surface area contributed by atoms with Crippen LogP contribution in [0.1, 0.15) is 28.7 Å². The summed E-state index contributed by atoms with van der Waals surface area (Å²) in [4.78, 5) is 17.4. The van der Waals surface area contributed by atoms with Crippen LogP contribution in [0.3, 0.4) is 0 Å². The molecule has 1 unspecified atom stereocenters. The summed E-state index contributed by atoms with van der Waals surface area (Å²) in [5.41, 5.74) is 7.46. The highest BCUT2D eigenvalue weighted by molar-refractivity contribution is 5.91. The lowest BCUT2D eigenvalue weighted by Crippen LogP contribution is -2.37. The van der Waals surface area contributed by atoms with Crippen molar-refractivity contribution in [2.75, 3.05) is 4.90 Å². The molecule has 0 fully saturated rings. The minimum absolute atomic E-state index is 0.0156. The first kappa shape index (κ1) is 18.2. The molecule has 0 bridgehead atoms. The van der Waals surface area contributed by atoms with Crippen molar-refractivity contribution in [3.63, 3.8) is 0 Å². The van der Waals surface area contributed by atoms with Crippen LogP contribution >= 0.6 is 0 Å². The van der Waals surface area contributed by atoms with Gasteiger partial charge < -0.3 is 10.8 Å². The van der Waals surface area contributed by atoms with Crippen molar-refractivity contribution >= 4 is 11.7 Å². The van der Waals surface area contributed by atoms with Crippen molar-refractivity contribution in [3.8, 4) is 0 Å². The van der Waals surface area contributed by atoms with Crippen LogP contribution in [-0.4, -0.2) is 22.2 Å². The number of amides is 2. The number of urea groups is 1. The Morgan fingerprint density at radius 2 is 1.96 bits per heavy atom. The summed E-state index contributed by atoms with van der Waals surface area (Å²) in [5.74, 6) is 0. The van der Waals surface area contributed by atoms with Gasteiger partial charge in [-0.2, -0.15) is 13.2 Å². The maximum atomic E-state index is 12.7. The van der Waals surface area contributed by atoms with Gasteiger partial charge in [0.15, 0.2) is 0 Å². The van der Waals surface area contributed by atoms with Crippen LogP contribution in [0.2, 0.25) is 0 Å². The van der Waals surface area contributed by atoms with Crippen LogP contribution in [-0.2, 0) is 25.6 Å². The number of carbonyl (C=O) groups excluding carboxylic acids is 1. The Morgan fingerprint density at radius 3 is 2.58 bits per heavy atom. The molecule has 1 atom stereocenters. The number of fused-ring (bicyclic) bond motifs is 1. The molecule has 1 aromatic carbocycles. The van der Waals surface area contributed by atoms with Gasteiger partial charge in [0, 0.05) is 12.6 Å². The lowest BCUT2D eigenvalue weighted by molar-refractivity contribution is -0.137. The third-order valence-electron chi connectivity index (χ3n) is 4.49. The van der Waals surface area contributed by atoms with Gasteiger partial charge in [-0.15, -0.1) is 0 Å². The summed E-state index contributed by atoms with van der Waals surface area (Å²) in [5, 5.41) is 9.94. The summed E-state index contributed by atoms with van der Waals surface area (Å²) in [6.07, 6.45) is -0.0971. The zero-order chi connectivity index (χ0) is 18.9. The molecule has 0 spiro atoms. The molecule has 1 aromatic heterocycles. The van der Waals surface area contributed by atoms with E-state index in [4.69, 9.17) is 5.73 Å². The number of carbonyl (C=O) groups is 1. The fourth-order valence-electron chi connectivity index (χ4n) is 3.13. The van der Waals surface area contributed by atoms with Crippen LogP contribution < -0.4 is 10.6 Å². The van der Waals surface area contributed by atoms with E-state index in [-0.39, 0.29) is 6.54 Å². The molecule has 0 radical (unpaired) electrons. The number of hydrogen-bond donors (Lipinski definition) is 2. The third-order valence-corrected chi connectivity index (χ3v) is 4.49. The van der Waals surface area contributed by atoms with E-state index >= 15 is 0 Å². The van der Waals surface area contributed by atoms with E-state index in [2.05, 4.69) is 4.98 Å². The number of primary amides is 1. The third kappa shape index (κ3) is 3.80. The summed E-state index contributed by atoms with van der Waals surface area (Å²) in [6, 6.07) is 3.83. The first-order valence-electron chi connectivity index (χ1n) is 8.12. The van der Waals surface area contributed by atoms with Gasteiger partial charge in [-0.3, -0.25) is 9.88 Å². The fourth-order valence-corrected chi connectivity index (χ4v) is 3.13. The van der Waals surface area contributed by atoms with Crippen LogP contribution in [0.25, 0.3) is 0 Å². The molecular weight excluding hydrogens is 347 g/mol. The van der Waals surface area contributed by atoms with Crippen molar-refractivity contribution < 1.29 is 23.1 Å². The minimum Gasteiger partial charge on any atom is -0.393 e. The molecule has 5 nitrogen and oxygen atoms in total. The normalized spacial score (nSPS) is 16.8. The maximum Gasteiger partial charge on any atom is 0.416 e. The number of alkyl halides is 3. The zero-order valence-electron chi connectivity index (χ0n) is 13.8. The summed E-state index contributed by atoms with van der Waals surface area (Å²) >= 11 is 0. The second-order valence-corrected chi connectivity index (χ2v) is 6.31. The Morgan fingerprint density at radius 1 is 1.27 bits per heavy atom. The number of pyridine rings is 1. The number of benzene rings is 1. The average molecular weight is 365 g/mol. The number of anilines is 1. The Hall–Kier alpha value is -2.61. The number of halogens is 3. The van der Waals surface area contributed by atoms with Gasteiger partial charge in [0.1, 0.15) is 0 Å². The first-order chi connectivity index (χ1) is 12.3. The van der Waals surface area contributed by atoms with Crippen molar-refractivity contribution in [1.82, 2.24) is 4.98 Å². The molecule has 26 heavy (non-hydrogen) atoms. The second kappa shape index (κ2) is 6.95. The Bertz CT molecular complexity index is 806. The molecule has 2 amide bonds. The monoisotopic (exact) mass is 365 g/mol. The molecule has 0 saturated heterocycles. The quantitative estimate of drug-likeness (QED) is 0.877. The Balaban J connectivity index is 1.91. The standard InChI is InChI=1S/C18H18F3N3O2/c19-18(20,21)13-4-1-11(2-5-13)10-24(17(22)26)16-9-23-8-12-3-6-14(25)7-15(12)16/h1-2,4-5,8-9,14,25H,3,6-7,10H2,(H2,22,26). The zero-order valence-corrected chi connectivity index (χ0v) is 13.8. The van der Waals surface area contributed by atoms with E-state index in [0.717, 1.165) is 23.3 Å². The lowest BCUT2D eigenvalue weighted by Gasteiger charge is -2.28. The maximum absolute atomic E-state index is 12.7. The number of nitrogens with two attached hydrogens (primary N) is 1. The van der Waals surface area contributed by atoms with Crippen LogP contribution in [0, 0.1) is 0 Å². The number of aromatic nitrogens is 1. The summed E-state index contributed by atoms with van der Waals surface area (Å²) < 4.78 is 38.1. The highest BCUT2D eigenvalue weighted by atomic mass is 19.4. The molecular formula is C18H18F3N3O2. The van der Waals surface area contributed by atoms with E-state index in [1.807, 2.05) is 0 Å². The minimum atomic E-state index is -4.42. The smallest absolute Gasteiger partial charge is 0.393 e. The molecule has 1 aliphatic rings. The molecule has 3 rings (SSSR count). The fraction of sp³-hybridized carbons (Fsp3) is 0.333. The highest BCUT2D eigenvalue weighted by Gasteiger charge is 2.30. The van der Waals surface area contributed by atoms with Crippen molar-refractivity contribution in [2.45, 2.75) is 38.1 Å². The van der Waals surface area contributed by atoms with Crippen molar-refractivity contribution in [2.24, 2.45) is 5.73 Å². The van der Waals surface area contributed by atoms with E-state index in [0.29, 0.717) is 30.5 Å². The number of aryl methyl sites for hydroxylation is 1. The van der Waals surface area contributed by atoms with Crippen molar-refractivity contribution in [1.29, 1.82) is 0 Å². The predicted octanol–water partition coefficient (Wildman–Crippen LogP) is 3.04. The molecule has 8 heteroatoms. The molecule has 0 saturated carbocycles. The number of rotatable bonds is 3. The molecule has 138 valence electrons. The van der Waals surface area contributed by atoms with E-state index in [1.54, 1.807) is 6.20 Å². The van der Waals surface area contributed by atoms with Crippen LogP contribution in [0.4, 0.5) is 23.7 Å². The molecule has 1 heterocycles. The molecule has 1 aliphatic carbocycles. The lowest BCUT2D eigenvalue weighted by atomic mass is 9.90. The van der Waals surface area contributed by atoms with Gasteiger partial charge in [-0.1, -0.05) is 12.1 Å². The summed E-state index contributed by atoms with van der Waals surface area (Å²) in [7, 11) is 0. The van der Waals surface area contributed by atoms with Crippen LogP contribution in [0.15, 0.2) is 36.7 Å².